The quantitative estimate of drug-likeness (QED) is 0.817. The molecule has 0 aliphatic carbocycles. The lowest BCUT2D eigenvalue weighted by atomic mass is 10.1. The van der Waals surface area contributed by atoms with Crippen LogP contribution in [0.2, 0.25) is 0 Å². The topological polar surface area (TPSA) is 68.3 Å². The van der Waals surface area contributed by atoms with Crippen LogP contribution in [-0.2, 0) is 0 Å². The molecule has 0 aliphatic rings. The Kier molecular flexibility index (Phi) is 4.12. The van der Waals surface area contributed by atoms with Crippen LogP contribution in [0.1, 0.15) is 40.8 Å². The van der Waals surface area contributed by atoms with Crippen molar-refractivity contribution in [3.8, 4) is 0 Å². The van der Waals surface area contributed by atoms with Gasteiger partial charge in [-0.1, -0.05) is 0 Å². The van der Waals surface area contributed by atoms with Crippen LogP contribution < -0.4 is 11.1 Å². The third-order valence-electron chi connectivity index (χ3n) is 2.77. The molecule has 4 heteroatoms. The molecule has 1 unspecified atom stereocenters. The van der Waals surface area contributed by atoms with E-state index in [2.05, 4.69) is 5.32 Å². The van der Waals surface area contributed by atoms with Crippen molar-refractivity contribution in [3.63, 3.8) is 0 Å². The summed E-state index contributed by atoms with van der Waals surface area (Å²) in [6.07, 6.45) is 0.778. The van der Waals surface area contributed by atoms with Gasteiger partial charge in [0.05, 0.1) is 5.56 Å². The van der Waals surface area contributed by atoms with E-state index >= 15 is 0 Å². The number of aryl methyl sites for hydroxylation is 2. The van der Waals surface area contributed by atoms with Crippen molar-refractivity contribution in [1.82, 2.24) is 5.32 Å². The van der Waals surface area contributed by atoms with E-state index in [0.717, 1.165) is 17.7 Å². The van der Waals surface area contributed by atoms with Crippen LogP contribution >= 0.6 is 0 Å². The van der Waals surface area contributed by atoms with Gasteiger partial charge in [0.15, 0.2) is 0 Å². The van der Waals surface area contributed by atoms with Crippen LogP contribution in [0.3, 0.4) is 0 Å². The second-order valence-corrected chi connectivity index (χ2v) is 4.17. The summed E-state index contributed by atoms with van der Waals surface area (Å²) in [6, 6.07) is 0.0894. The molecular formula is C12H20N2O2. The molecule has 1 atom stereocenters. The van der Waals surface area contributed by atoms with Gasteiger partial charge in [0.25, 0.3) is 5.91 Å². The molecule has 1 heterocycles. The molecule has 1 aromatic rings. The number of nitrogens with one attached hydrogen (secondary N) is 1. The van der Waals surface area contributed by atoms with Gasteiger partial charge in [0.1, 0.15) is 11.5 Å². The van der Waals surface area contributed by atoms with Crippen LogP contribution in [-0.4, -0.2) is 18.5 Å². The van der Waals surface area contributed by atoms with E-state index in [-0.39, 0.29) is 11.9 Å². The molecular weight excluding hydrogens is 204 g/mol. The smallest absolute Gasteiger partial charge is 0.255 e. The maximum absolute atomic E-state index is 12.0. The molecule has 0 spiro atoms. The first-order chi connectivity index (χ1) is 7.47. The first-order valence-electron chi connectivity index (χ1n) is 5.54. The Hall–Kier alpha value is -1.29. The highest BCUT2D eigenvalue weighted by Crippen LogP contribution is 2.20. The average Bonchev–Trinajstić information content (AvgIpc) is 2.41. The molecule has 0 aliphatic heterocycles. The summed E-state index contributed by atoms with van der Waals surface area (Å²) in [4.78, 5) is 12.0. The minimum Gasteiger partial charge on any atom is -0.466 e. The number of carbonyl (C=O) groups is 1. The first kappa shape index (κ1) is 12.8. The maximum atomic E-state index is 12.0. The van der Waals surface area contributed by atoms with Gasteiger partial charge in [-0.25, -0.2) is 0 Å². The van der Waals surface area contributed by atoms with Crippen molar-refractivity contribution in [1.29, 1.82) is 0 Å². The minimum absolute atomic E-state index is 0.0761. The lowest BCUT2D eigenvalue weighted by molar-refractivity contribution is 0.0937. The number of hydrogen-bond donors (Lipinski definition) is 2. The first-order valence-corrected chi connectivity index (χ1v) is 5.54. The molecule has 1 rings (SSSR count). The number of nitrogens with two attached hydrogens (primary N) is 1. The molecule has 0 radical (unpaired) electrons. The highest BCUT2D eigenvalue weighted by molar-refractivity contribution is 5.97. The molecule has 16 heavy (non-hydrogen) atoms. The Bertz CT molecular complexity index is 383. The monoisotopic (exact) mass is 224 g/mol. The van der Waals surface area contributed by atoms with E-state index in [1.807, 2.05) is 27.7 Å². The molecule has 3 N–H and O–H groups in total. The van der Waals surface area contributed by atoms with E-state index in [0.29, 0.717) is 17.9 Å². The summed E-state index contributed by atoms with van der Waals surface area (Å²) in [5.41, 5.74) is 7.00. The molecule has 1 amide bonds. The van der Waals surface area contributed by atoms with Crippen LogP contribution in [0.15, 0.2) is 4.42 Å². The Balaban J connectivity index is 2.80. The zero-order valence-electron chi connectivity index (χ0n) is 10.4. The maximum Gasteiger partial charge on any atom is 0.255 e. The van der Waals surface area contributed by atoms with E-state index in [1.54, 1.807) is 0 Å². The average molecular weight is 224 g/mol. The van der Waals surface area contributed by atoms with Gasteiger partial charge in [0, 0.05) is 11.6 Å². The molecule has 1 aromatic heterocycles. The van der Waals surface area contributed by atoms with Crippen molar-refractivity contribution in [2.75, 3.05) is 6.54 Å². The fraction of sp³-hybridized carbons (Fsp3) is 0.583. The number of furan rings is 1. The SMILES string of the molecule is Cc1oc(C)c(C(=O)NC(C)CCN)c1C. The summed E-state index contributed by atoms with van der Waals surface area (Å²) in [6.45, 7) is 8.09. The standard InChI is InChI=1S/C12H20N2O2/c1-7(5-6-13)14-12(15)11-8(2)9(3)16-10(11)4/h7H,5-6,13H2,1-4H3,(H,14,15). The molecule has 0 fully saturated rings. The number of rotatable bonds is 4. The number of amides is 1. The zero-order valence-corrected chi connectivity index (χ0v) is 10.4. The summed E-state index contributed by atoms with van der Waals surface area (Å²) in [5, 5.41) is 2.91. The van der Waals surface area contributed by atoms with Gasteiger partial charge in [-0.15, -0.1) is 0 Å². The summed E-state index contributed by atoms with van der Waals surface area (Å²) in [7, 11) is 0. The molecule has 0 saturated carbocycles. The Labute approximate surface area is 96.2 Å². The van der Waals surface area contributed by atoms with Crippen molar-refractivity contribution in [2.45, 2.75) is 40.2 Å². The van der Waals surface area contributed by atoms with Gasteiger partial charge < -0.3 is 15.5 Å². The van der Waals surface area contributed by atoms with Crippen LogP contribution in [0, 0.1) is 20.8 Å². The minimum atomic E-state index is -0.0761. The highest BCUT2D eigenvalue weighted by Gasteiger charge is 2.19. The van der Waals surface area contributed by atoms with Crippen molar-refractivity contribution in [2.24, 2.45) is 5.73 Å². The zero-order chi connectivity index (χ0) is 12.3. The van der Waals surface area contributed by atoms with E-state index in [9.17, 15) is 4.79 Å². The van der Waals surface area contributed by atoms with Crippen molar-refractivity contribution >= 4 is 5.91 Å². The largest absolute Gasteiger partial charge is 0.466 e. The number of hydrogen-bond acceptors (Lipinski definition) is 3. The summed E-state index contributed by atoms with van der Waals surface area (Å²) in [5.74, 6) is 1.40. The van der Waals surface area contributed by atoms with Gasteiger partial charge in [-0.3, -0.25) is 4.79 Å². The second kappa shape index (κ2) is 5.16. The fourth-order valence-corrected chi connectivity index (χ4v) is 1.75. The van der Waals surface area contributed by atoms with E-state index in [4.69, 9.17) is 10.2 Å². The predicted molar refractivity (Wildman–Crippen MR) is 63.5 cm³/mol. The van der Waals surface area contributed by atoms with Gasteiger partial charge >= 0.3 is 0 Å². The number of carbonyl (C=O) groups excluding carboxylic acids is 1. The Morgan fingerprint density at radius 3 is 2.44 bits per heavy atom. The second-order valence-electron chi connectivity index (χ2n) is 4.17. The molecule has 4 nitrogen and oxygen atoms in total. The third-order valence-corrected chi connectivity index (χ3v) is 2.77. The van der Waals surface area contributed by atoms with E-state index < -0.39 is 0 Å². The summed E-state index contributed by atoms with van der Waals surface area (Å²) >= 11 is 0. The van der Waals surface area contributed by atoms with Crippen LogP contribution in [0.5, 0.6) is 0 Å². The van der Waals surface area contributed by atoms with Crippen molar-refractivity contribution in [3.05, 3.63) is 22.6 Å². The molecule has 0 saturated heterocycles. The van der Waals surface area contributed by atoms with Crippen LogP contribution in [0.4, 0.5) is 0 Å². The normalized spacial score (nSPS) is 12.6. The van der Waals surface area contributed by atoms with E-state index in [1.165, 1.54) is 0 Å². The third kappa shape index (κ3) is 2.64. The highest BCUT2D eigenvalue weighted by atomic mass is 16.3. The van der Waals surface area contributed by atoms with Gasteiger partial charge in [-0.2, -0.15) is 0 Å². The Morgan fingerprint density at radius 2 is 2.00 bits per heavy atom. The Morgan fingerprint density at radius 1 is 1.38 bits per heavy atom. The molecule has 0 aromatic carbocycles. The molecule has 0 bridgehead atoms. The van der Waals surface area contributed by atoms with Gasteiger partial charge in [0.2, 0.25) is 0 Å². The lowest BCUT2D eigenvalue weighted by Gasteiger charge is -2.12. The van der Waals surface area contributed by atoms with Gasteiger partial charge in [-0.05, 0) is 40.7 Å². The lowest BCUT2D eigenvalue weighted by Crippen LogP contribution is -2.34. The predicted octanol–water partition coefficient (Wildman–Crippen LogP) is 1.67. The van der Waals surface area contributed by atoms with Crippen molar-refractivity contribution < 1.29 is 9.21 Å². The summed E-state index contributed by atoms with van der Waals surface area (Å²) < 4.78 is 5.42. The van der Waals surface area contributed by atoms with Crippen LogP contribution in [0.25, 0.3) is 0 Å². The fourth-order valence-electron chi connectivity index (χ4n) is 1.75. The molecule has 90 valence electrons.